The van der Waals surface area contributed by atoms with Crippen molar-refractivity contribution in [2.24, 2.45) is 0 Å². The lowest BCUT2D eigenvalue weighted by molar-refractivity contribution is -0.127. The molecular weight excluding hydrogens is 309 g/mol. The first-order chi connectivity index (χ1) is 9.74. The van der Waals surface area contributed by atoms with E-state index in [1.807, 2.05) is 0 Å². The first-order valence-electron chi connectivity index (χ1n) is 6.52. The molecule has 1 atom stereocenters. The number of aliphatic hydroxyl groups is 1. The van der Waals surface area contributed by atoms with Crippen LogP contribution in [-0.2, 0) is 0 Å². The van der Waals surface area contributed by atoms with E-state index < -0.39 is 24.5 Å². The van der Waals surface area contributed by atoms with Crippen LogP contribution in [0.15, 0.2) is 6.20 Å². The van der Waals surface area contributed by atoms with Crippen molar-refractivity contribution in [3.63, 3.8) is 0 Å². The minimum absolute atomic E-state index is 0.0292. The number of likely N-dealkylation sites (N-methyl/N-ethyl adjacent to an activating group) is 1. The van der Waals surface area contributed by atoms with Crippen molar-refractivity contribution in [1.29, 1.82) is 0 Å². The third kappa shape index (κ3) is 2.20. The number of anilines is 2. The second-order valence-corrected chi connectivity index (χ2v) is 5.82. The van der Waals surface area contributed by atoms with Crippen LogP contribution >= 0.6 is 11.6 Å². The summed E-state index contributed by atoms with van der Waals surface area (Å²) in [5.74, 6) is 0.323. The van der Waals surface area contributed by atoms with E-state index in [0.717, 1.165) is 11.3 Å². The van der Waals surface area contributed by atoms with Crippen LogP contribution in [0.25, 0.3) is 0 Å². The minimum Gasteiger partial charge on any atom is -0.371 e. The fraction of sp³-hybridized carbons (Fsp3) is 0.667. The minimum atomic E-state index is -4.43. The van der Waals surface area contributed by atoms with E-state index in [9.17, 15) is 18.3 Å². The lowest BCUT2D eigenvalue weighted by Gasteiger charge is -2.58. The number of hydrogen-bond acceptors (Lipinski definition) is 5. The molecule has 0 aromatic carbocycles. The predicted molar refractivity (Wildman–Crippen MR) is 71.4 cm³/mol. The van der Waals surface area contributed by atoms with Crippen LogP contribution in [0.1, 0.15) is 19.3 Å². The van der Waals surface area contributed by atoms with Crippen LogP contribution in [0.4, 0.5) is 24.7 Å². The predicted octanol–water partition coefficient (Wildman–Crippen LogP) is 2.19. The molecule has 3 rings (SSSR count). The van der Waals surface area contributed by atoms with Crippen LogP contribution in [-0.4, -0.2) is 46.6 Å². The van der Waals surface area contributed by atoms with Gasteiger partial charge in [-0.25, -0.2) is 4.98 Å². The molecule has 0 saturated heterocycles. The van der Waals surface area contributed by atoms with Gasteiger partial charge in [0.15, 0.2) is 12.0 Å². The van der Waals surface area contributed by atoms with Gasteiger partial charge >= 0.3 is 6.18 Å². The Bertz CT molecular complexity index is 564. The van der Waals surface area contributed by atoms with E-state index in [4.69, 9.17) is 11.6 Å². The van der Waals surface area contributed by atoms with Gasteiger partial charge in [-0.15, -0.1) is 0 Å². The SMILES string of the molecule is CN1c2nc(Cl)ncc2N(CC(F)(F)F)C(O)C12CCC2. The summed E-state index contributed by atoms with van der Waals surface area (Å²) in [6, 6.07) is 0. The van der Waals surface area contributed by atoms with Crippen molar-refractivity contribution in [2.45, 2.75) is 37.2 Å². The molecule has 1 fully saturated rings. The van der Waals surface area contributed by atoms with Crippen LogP contribution in [0.2, 0.25) is 5.28 Å². The molecule has 1 unspecified atom stereocenters. The van der Waals surface area contributed by atoms with E-state index in [0.29, 0.717) is 18.7 Å². The van der Waals surface area contributed by atoms with Gasteiger partial charge in [0.1, 0.15) is 12.2 Å². The van der Waals surface area contributed by atoms with Crippen molar-refractivity contribution in [3.8, 4) is 0 Å². The van der Waals surface area contributed by atoms with Crippen molar-refractivity contribution in [3.05, 3.63) is 11.5 Å². The highest BCUT2D eigenvalue weighted by molar-refractivity contribution is 6.28. The number of nitrogens with zero attached hydrogens (tertiary/aromatic N) is 4. The monoisotopic (exact) mass is 322 g/mol. The molecular formula is C12H14ClF3N4O. The topological polar surface area (TPSA) is 52.5 Å². The Labute approximate surface area is 124 Å². The summed E-state index contributed by atoms with van der Waals surface area (Å²) in [5, 5.41) is 10.5. The number of alkyl halides is 3. The molecule has 5 nitrogen and oxygen atoms in total. The fourth-order valence-corrected chi connectivity index (χ4v) is 3.23. The summed E-state index contributed by atoms with van der Waals surface area (Å²) in [4.78, 5) is 10.4. The van der Waals surface area contributed by atoms with Gasteiger partial charge in [-0.3, -0.25) is 0 Å². The molecule has 1 spiro atoms. The van der Waals surface area contributed by atoms with Crippen molar-refractivity contribution in [2.75, 3.05) is 23.4 Å². The van der Waals surface area contributed by atoms with Gasteiger partial charge in [0.05, 0.1) is 11.7 Å². The Balaban J connectivity index is 2.09. The maximum atomic E-state index is 12.8. The largest absolute Gasteiger partial charge is 0.406 e. The van der Waals surface area contributed by atoms with Gasteiger partial charge in [0, 0.05) is 7.05 Å². The average Bonchev–Trinajstić information content (AvgIpc) is 2.32. The Hall–Kier alpha value is -1.28. The number of rotatable bonds is 1. The summed E-state index contributed by atoms with van der Waals surface area (Å²) in [7, 11) is 1.72. The van der Waals surface area contributed by atoms with Crippen LogP contribution < -0.4 is 9.80 Å². The first-order valence-corrected chi connectivity index (χ1v) is 6.90. The highest BCUT2D eigenvalue weighted by atomic mass is 35.5. The molecule has 21 heavy (non-hydrogen) atoms. The Morgan fingerprint density at radius 2 is 2.14 bits per heavy atom. The van der Waals surface area contributed by atoms with Gasteiger partial charge < -0.3 is 14.9 Å². The summed E-state index contributed by atoms with van der Waals surface area (Å²) < 4.78 is 38.5. The maximum Gasteiger partial charge on any atom is 0.406 e. The number of halogens is 4. The zero-order valence-electron chi connectivity index (χ0n) is 11.2. The molecule has 1 saturated carbocycles. The molecule has 116 valence electrons. The van der Waals surface area contributed by atoms with E-state index in [1.165, 1.54) is 6.20 Å². The van der Waals surface area contributed by atoms with Gasteiger partial charge in [0.25, 0.3) is 0 Å². The third-order valence-electron chi connectivity index (χ3n) is 4.36. The second-order valence-electron chi connectivity index (χ2n) is 5.48. The third-order valence-corrected chi connectivity index (χ3v) is 4.54. The lowest BCUT2D eigenvalue weighted by atomic mass is 9.72. The smallest absolute Gasteiger partial charge is 0.371 e. The molecule has 9 heteroatoms. The molecule has 0 radical (unpaired) electrons. The highest BCUT2D eigenvalue weighted by Gasteiger charge is 2.55. The Kier molecular flexibility index (Phi) is 3.21. The Morgan fingerprint density at radius 1 is 1.48 bits per heavy atom. The lowest BCUT2D eigenvalue weighted by Crippen LogP contribution is -2.69. The molecule has 0 amide bonds. The summed E-state index contributed by atoms with van der Waals surface area (Å²) >= 11 is 5.76. The van der Waals surface area contributed by atoms with Crippen molar-refractivity contribution < 1.29 is 18.3 Å². The highest BCUT2D eigenvalue weighted by Crippen LogP contribution is 2.50. The van der Waals surface area contributed by atoms with Gasteiger partial charge in [-0.2, -0.15) is 18.2 Å². The number of fused-ring (bicyclic) bond motifs is 1. The second kappa shape index (κ2) is 4.61. The maximum absolute atomic E-state index is 12.8. The van der Waals surface area contributed by atoms with Gasteiger partial charge in [-0.05, 0) is 30.9 Å². The molecule has 0 bridgehead atoms. The normalized spacial score (nSPS) is 24.0. The van der Waals surface area contributed by atoms with E-state index >= 15 is 0 Å². The molecule has 2 heterocycles. The van der Waals surface area contributed by atoms with Crippen LogP contribution in [0.5, 0.6) is 0 Å². The Morgan fingerprint density at radius 3 is 2.67 bits per heavy atom. The van der Waals surface area contributed by atoms with Crippen molar-refractivity contribution >= 4 is 23.1 Å². The van der Waals surface area contributed by atoms with E-state index in [1.54, 1.807) is 11.9 Å². The molecule has 1 aliphatic heterocycles. The van der Waals surface area contributed by atoms with Gasteiger partial charge in [-0.1, -0.05) is 0 Å². The van der Waals surface area contributed by atoms with E-state index in [-0.39, 0.29) is 11.0 Å². The van der Waals surface area contributed by atoms with Crippen molar-refractivity contribution in [1.82, 2.24) is 9.97 Å². The fourth-order valence-electron chi connectivity index (χ4n) is 3.10. The molecule has 1 aliphatic carbocycles. The van der Waals surface area contributed by atoms with E-state index in [2.05, 4.69) is 9.97 Å². The zero-order chi connectivity index (χ0) is 15.4. The molecule has 1 N–H and O–H groups in total. The molecule has 1 aromatic heterocycles. The summed E-state index contributed by atoms with van der Waals surface area (Å²) in [5.41, 5.74) is -0.597. The first kappa shape index (κ1) is 14.6. The van der Waals surface area contributed by atoms with Crippen LogP contribution in [0.3, 0.4) is 0 Å². The van der Waals surface area contributed by atoms with Crippen LogP contribution in [0, 0.1) is 0 Å². The zero-order valence-corrected chi connectivity index (χ0v) is 12.0. The number of aliphatic hydroxyl groups excluding tert-OH is 1. The standard InChI is InChI=1S/C12H14ClF3N4O/c1-19-8-7(5-17-10(13)18-8)20(6-12(14,15)16)9(21)11(19)3-2-4-11/h5,9,21H,2-4,6H2,1H3. The number of hydrogen-bond donors (Lipinski definition) is 1. The van der Waals surface area contributed by atoms with Gasteiger partial charge in [0.2, 0.25) is 5.28 Å². The summed E-state index contributed by atoms with van der Waals surface area (Å²) in [6.07, 6.45) is -2.38. The average molecular weight is 323 g/mol. The summed E-state index contributed by atoms with van der Waals surface area (Å²) in [6.45, 7) is -1.25. The quantitative estimate of drug-likeness (QED) is 0.803. The molecule has 1 aromatic rings. The molecule has 2 aliphatic rings. The number of aromatic nitrogens is 2.